The van der Waals surface area contributed by atoms with E-state index in [2.05, 4.69) is 6.92 Å². The van der Waals surface area contributed by atoms with Crippen LogP contribution in [0.3, 0.4) is 0 Å². The summed E-state index contributed by atoms with van der Waals surface area (Å²) < 4.78 is 0. The van der Waals surface area contributed by atoms with E-state index in [0.717, 1.165) is 38.8 Å². The molecule has 0 saturated carbocycles. The normalized spacial score (nSPS) is 29.2. The number of hydrogen-bond acceptors (Lipinski definition) is 2. The molecular formula is C13H22N2O3. The van der Waals surface area contributed by atoms with Gasteiger partial charge < -0.3 is 14.9 Å². The first-order valence-electron chi connectivity index (χ1n) is 6.88. The molecule has 0 bridgehead atoms. The summed E-state index contributed by atoms with van der Waals surface area (Å²) in [6.07, 6.45) is 4.60. The van der Waals surface area contributed by atoms with Gasteiger partial charge in [-0.1, -0.05) is 6.92 Å². The fraction of sp³-hybridized carbons (Fsp3) is 0.846. The summed E-state index contributed by atoms with van der Waals surface area (Å²) in [7, 11) is 0. The number of aliphatic carboxylic acids is 1. The molecule has 2 fully saturated rings. The summed E-state index contributed by atoms with van der Waals surface area (Å²) in [4.78, 5) is 26.8. The third kappa shape index (κ3) is 2.76. The van der Waals surface area contributed by atoms with Gasteiger partial charge >= 0.3 is 12.0 Å². The zero-order valence-corrected chi connectivity index (χ0v) is 11.0. The number of amides is 2. The second-order valence-corrected chi connectivity index (χ2v) is 5.50. The number of urea groups is 1. The predicted molar refractivity (Wildman–Crippen MR) is 67.3 cm³/mol. The average Bonchev–Trinajstić information content (AvgIpc) is 2.72. The van der Waals surface area contributed by atoms with Gasteiger partial charge in [0.15, 0.2) is 0 Å². The molecule has 1 N–H and O–H groups in total. The van der Waals surface area contributed by atoms with Crippen LogP contribution in [0.15, 0.2) is 0 Å². The number of carbonyl (C=O) groups is 2. The summed E-state index contributed by atoms with van der Waals surface area (Å²) >= 11 is 0. The quantitative estimate of drug-likeness (QED) is 0.776. The Balaban J connectivity index is 1.99. The van der Waals surface area contributed by atoms with Gasteiger partial charge in [0.25, 0.3) is 0 Å². The molecule has 0 aromatic rings. The van der Waals surface area contributed by atoms with Gasteiger partial charge in [0.1, 0.15) is 6.04 Å². The van der Waals surface area contributed by atoms with Crippen LogP contribution in [0, 0.1) is 5.92 Å². The molecule has 0 aliphatic carbocycles. The monoisotopic (exact) mass is 254 g/mol. The maximum absolute atomic E-state index is 12.4. The van der Waals surface area contributed by atoms with Crippen LogP contribution >= 0.6 is 0 Å². The zero-order valence-electron chi connectivity index (χ0n) is 11.0. The molecule has 0 radical (unpaired) electrons. The molecule has 102 valence electrons. The Kier molecular flexibility index (Phi) is 4.09. The topological polar surface area (TPSA) is 60.9 Å². The maximum Gasteiger partial charge on any atom is 0.326 e. The minimum atomic E-state index is -0.871. The van der Waals surface area contributed by atoms with E-state index in [4.69, 9.17) is 5.11 Å². The lowest BCUT2D eigenvalue weighted by Crippen LogP contribution is -2.48. The maximum atomic E-state index is 12.4. The van der Waals surface area contributed by atoms with Crippen LogP contribution < -0.4 is 0 Å². The van der Waals surface area contributed by atoms with E-state index >= 15 is 0 Å². The van der Waals surface area contributed by atoms with Crippen LogP contribution in [0.5, 0.6) is 0 Å². The van der Waals surface area contributed by atoms with Gasteiger partial charge in [0, 0.05) is 19.6 Å². The van der Waals surface area contributed by atoms with Crippen molar-refractivity contribution in [3.63, 3.8) is 0 Å². The van der Waals surface area contributed by atoms with Crippen molar-refractivity contribution >= 4 is 12.0 Å². The molecule has 2 aliphatic rings. The molecule has 0 spiro atoms. The van der Waals surface area contributed by atoms with Crippen molar-refractivity contribution < 1.29 is 14.7 Å². The van der Waals surface area contributed by atoms with Gasteiger partial charge in [0.05, 0.1) is 0 Å². The summed E-state index contributed by atoms with van der Waals surface area (Å²) in [5.74, 6) is -0.208. The van der Waals surface area contributed by atoms with E-state index in [9.17, 15) is 9.59 Å². The highest BCUT2D eigenvalue weighted by molar-refractivity contribution is 5.83. The van der Waals surface area contributed by atoms with Crippen molar-refractivity contribution in [2.45, 2.75) is 45.1 Å². The Morgan fingerprint density at radius 1 is 1.06 bits per heavy atom. The number of nitrogens with zero attached hydrogens (tertiary/aromatic N) is 2. The van der Waals surface area contributed by atoms with Crippen molar-refractivity contribution in [2.24, 2.45) is 5.92 Å². The standard InChI is InChI=1S/C13H22N2O3/c1-10-4-2-7-14(9-6-10)13(18)15-8-3-5-11(15)12(16)17/h10-11H,2-9H2,1H3,(H,16,17)/t10?,11-/m1/s1. The van der Waals surface area contributed by atoms with Crippen LogP contribution in [0.2, 0.25) is 0 Å². The van der Waals surface area contributed by atoms with E-state index in [0.29, 0.717) is 18.9 Å². The Hall–Kier alpha value is -1.26. The highest BCUT2D eigenvalue weighted by atomic mass is 16.4. The van der Waals surface area contributed by atoms with Gasteiger partial charge in [-0.2, -0.15) is 0 Å². The van der Waals surface area contributed by atoms with E-state index in [-0.39, 0.29) is 6.03 Å². The first kappa shape index (κ1) is 13.2. The van der Waals surface area contributed by atoms with Gasteiger partial charge in [0.2, 0.25) is 0 Å². The lowest BCUT2D eigenvalue weighted by Gasteiger charge is -2.29. The first-order chi connectivity index (χ1) is 8.59. The number of likely N-dealkylation sites (tertiary alicyclic amines) is 2. The molecule has 2 rings (SSSR count). The van der Waals surface area contributed by atoms with Crippen LogP contribution in [0.25, 0.3) is 0 Å². The van der Waals surface area contributed by atoms with E-state index < -0.39 is 12.0 Å². The minimum Gasteiger partial charge on any atom is -0.480 e. The highest BCUT2D eigenvalue weighted by Crippen LogP contribution is 2.22. The summed E-state index contributed by atoms with van der Waals surface area (Å²) in [5, 5.41) is 9.12. The highest BCUT2D eigenvalue weighted by Gasteiger charge is 2.36. The molecule has 5 nitrogen and oxygen atoms in total. The van der Waals surface area contributed by atoms with Gasteiger partial charge in [-0.3, -0.25) is 0 Å². The van der Waals surface area contributed by atoms with Crippen LogP contribution in [-0.2, 0) is 4.79 Å². The summed E-state index contributed by atoms with van der Waals surface area (Å²) in [6.45, 7) is 4.33. The molecule has 18 heavy (non-hydrogen) atoms. The summed E-state index contributed by atoms with van der Waals surface area (Å²) in [6, 6.07) is -0.688. The Morgan fingerprint density at radius 2 is 1.78 bits per heavy atom. The first-order valence-corrected chi connectivity index (χ1v) is 6.88. The zero-order chi connectivity index (χ0) is 13.1. The fourth-order valence-corrected chi connectivity index (χ4v) is 2.89. The number of carboxylic acid groups (broad SMARTS) is 1. The average molecular weight is 254 g/mol. The van der Waals surface area contributed by atoms with E-state index in [1.54, 1.807) is 4.90 Å². The third-order valence-electron chi connectivity index (χ3n) is 4.07. The Bertz CT molecular complexity index is 332. The molecule has 0 aromatic carbocycles. The van der Waals surface area contributed by atoms with Crippen LogP contribution in [-0.4, -0.2) is 52.6 Å². The fourth-order valence-electron chi connectivity index (χ4n) is 2.89. The Labute approximate surface area is 108 Å². The number of hydrogen-bond donors (Lipinski definition) is 1. The SMILES string of the molecule is CC1CCCN(C(=O)N2CCC[C@@H]2C(=O)O)CC1. The lowest BCUT2D eigenvalue weighted by molar-refractivity contribution is -0.141. The molecule has 5 heteroatoms. The van der Waals surface area contributed by atoms with Crippen molar-refractivity contribution in [1.82, 2.24) is 9.80 Å². The minimum absolute atomic E-state index is 0.0750. The molecule has 2 aliphatic heterocycles. The molecular weight excluding hydrogens is 232 g/mol. The largest absolute Gasteiger partial charge is 0.480 e. The summed E-state index contributed by atoms with van der Waals surface area (Å²) in [5.41, 5.74) is 0. The molecule has 1 unspecified atom stereocenters. The van der Waals surface area contributed by atoms with Gasteiger partial charge in [-0.25, -0.2) is 9.59 Å². The predicted octanol–water partition coefficient (Wildman–Crippen LogP) is 1.78. The molecule has 2 amide bonds. The Morgan fingerprint density at radius 3 is 2.50 bits per heavy atom. The second-order valence-electron chi connectivity index (χ2n) is 5.50. The van der Waals surface area contributed by atoms with Crippen molar-refractivity contribution in [3.05, 3.63) is 0 Å². The number of carboxylic acids is 1. The van der Waals surface area contributed by atoms with Gasteiger partial charge in [-0.05, 0) is 38.0 Å². The van der Waals surface area contributed by atoms with E-state index in [1.165, 1.54) is 0 Å². The van der Waals surface area contributed by atoms with E-state index in [1.807, 2.05) is 4.90 Å². The smallest absolute Gasteiger partial charge is 0.326 e. The number of rotatable bonds is 1. The lowest BCUT2D eigenvalue weighted by atomic mass is 10.0. The van der Waals surface area contributed by atoms with Gasteiger partial charge in [-0.15, -0.1) is 0 Å². The molecule has 0 aromatic heterocycles. The number of carbonyl (C=O) groups excluding carboxylic acids is 1. The van der Waals surface area contributed by atoms with Crippen LogP contribution in [0.1, 0.15) is 39.0 Å². The van der Waals surface area contributed by atoms with Crippen LogP contribution in [0.4, 0.5) is 4.79 Å². The molecule has 2 heterocycles. The third-order valence-corrected chi connectivity index (χ3v) is 4.07. The van der Waals surface area contributed by atoms with Crippen molar-refractivity contribution in [3.8, 4) is 0 Å². The van der Waals surface area contributed by atoms with Crippen molar-refractivity contribution in [1.29, 1.82) is 0 Å². The second kappa shape index (κ2) is 5.59. The van der Waals surface area contributed by atoms with Crippen molar-refractivity contribution in [2.75, 3.05) is 19.6 Å². The molecule has 2 saturated heterocycles. The molecule has 2 atom stereocenters.